The first-order valence-corrected chi connectivity index (χ1v) is 8.07. The van der Waals surface area contributed by atoms with Crippen molar-refractivity contribution in [2.75, 3.05) is 26.2 Å². The molecule has 19 heavy (non-hydrogen) atoms. The van der Waals surface area contributed by atoms with E-state index in [0.717, 1.165) is 18.5 Å². The van der Waals surface area contributed by atoms with E-state index in [1.165, 1.54) is 58.2 Å². The zero-order valence-corrected chi connectivity index (χ0v) is 11.9. The Labute approximate surface area is 116 Å². The molecule has 2 saturated heterocycles. The van der Waals surface area contributed by atoms with Gasteiger partial charge in [-0.3, -0.25) is 9.69 Å². The van der Waals surface area contributed by atoms with E-state index in [1.807, 2.05) is 0 Å². The van der Waals surface area contributed by atoms with Crippen LogP contribution in [-0.2, 0) is 4.79 Å². The highest BCUT2D eigenvalue weighted by atomic mass is 16.1. The molecule has 4 heteroatoms. The van der Waals surface area contributed by atoms with E-state index in [-0.39, 0.29) is 5.91 Å². The van der Waals surface area contributed by atoms with Crippen LogP contribution in [-0.4, -0.2) is 49.1 Å². The lowest BCUT2D eigenvalue weighted by molar-refractivity contribution is -0.121. The van der Waals surface area contributed by atoms with Crippen LogP contribution < -0.4 is 10.6 Å². The van der Waals surface area contributed by atoms with Gasteiger partial charge in [0.05, 0.1) is 0 Å². The lowest BCUT2D eigenvalue weighted by atomic mass is 9.88. The predicted octanol–water partition coefficient (Wildman–Crippen LogP) is 1.12. The Kier molecular flexibility index (Phi) is 4.38. The van der Waals surface area contributed by atoms with Crippen molar-refractivity contribution in [2.24, 2.45) is 5.92 Å². The van der Waals surface area contributed by atoms with Gasteiger partial charge in [0.1, 0.15) is 0 Å². The molecule has 1 aliphatic carbocycles. The number of hydrogen-bond donors (Lipinski definition) is 2. The Bertz CT molecular complexity index is 311. The molecule has 108 valence electrons. The van der Waals surface area contributed by atoms with Crippen LogP contribution in [0.4, 0.5) is 0 Å². The number of carbonyl (C=O) groups is 1. The number of nitrogens with zero attached hydrogens (tertiary/aromatic N) is 1. The van der Waals surface area contributed by atoms with Crippen molar-refractivity contribution in [3.8, 4) is 0 Å². The van der Waals surface area contributed by atoms with Crippen molar-refractivity contribution in [1.29, 1.82) is 0 Å². The molecule has 1 atom stereocenters. The zero-order valence-electron chi connectivity index (χ0n) is 11.9. The molecule has 2 aliphatic heterocycles. The number of amides is 1. The Hall–Kier alpha value is -0.610. The first-order valence-electron chi connectivity index (χ1n) is 8.07. The van der Waals surface area contributed by atoms with Crippen molar-refractivity contribution in [2.45, 2.75) is 57.0 Å². The van der Waals surface area contributed by atoms with Gasteiger partial charge in [0.15, 0.2) is 0 Å². The van der Waals surface area contributed by atoms with Crippen LogP contribution in [0, 0.1) is 5.92 Å². The van der Waals surface area contributed by atoms with E-state index < -0.39 is 0 Å². The second-order valence-electron chi connectivity index (χ2n) is 6.42. The maximum Gasteiger partial charge on any atom is 0.221 e. The van der Waals surface area contributed by atoms with Gasteiger partial charge >= 0.3 is 0 Å². The average molecular weight is 265 g/mol. The van der Waals surface area contributed by atoms with Gasteiger partial charge in [-0.1, -0.05) is 0 Å². The molecule has 4 nitrogen and oxygen atoms in total. The minimum atomic E-state index is 0.262. The quantitative estimate of drug-likeness (QED) is 0.783. The number of likely N-dealkylation sites (tertiary alicyclic amines) is 1. The highest BCUT2D eigenvalue weighted by molar-refractivity contribution is 5.76. The fraction of sp³-hybridized carbons (Fsp3) is 0.933. The smallest absolute Gasteiger partial charge is 0.221 e. The Morgan fingerprint density at radius 1 is 1.16 bits per heavy atom. The van der Waals surface area contributed by atoms with E-state index in [2.05, 4.69) is 15.5 Å². The molecule has 0 aromatic heterocycles. The highest BCUT2D eigenvalue weighted by Gasteiger charge is 2.32. The maximum atomic E-state index is 11.8. The monoisotopic (exact) mass is 265 g/mol. The Morgan fingerprint density at radius 3 is 2.68 bits per heavy atom. The van der Waals surface area contributed by atoms with Crippen LogP contribution in [0.1, 0.15) is 44.9 Å². The molecule has 3 fully saturated rings. The van der Waals surface area contributed by atoms with Crippen LogP contribution >= 0.6 is 0 Å². The molecule has 3 aliphatic rings. The van der Waals surface area contributed by atoms with Crippen LogP contribution in [0.2, 0.25) is 0 Å². The summed E-state index contributed by atoms with van der Waals surface area (Å²) in [5.74, 6) is 1.12. The fourth-order valence-corrected chi connectivity index (χ4v) is 3.67. The summed E-state index contributed by atoms with van der Waals surface area (Å²) in [4.78, 5) is 14.4. The zero-order chi connectivity index (χ0) is 13.1. The average Bonchev–Trinajstić information content (AvgIpc) is 3.12. The fourth-order valence-electron chi connectivity index (χ4n) is 3.67. The van der Waals surface area contributed by atoms with E-state index in [1.54, 1.807) is 0 Å². The molecule has 2 N–H and O–H groups in total. The van der Waals surface area contributed by atoms with Gasteiger partial charge in [-0.05, 0) is 64.1 Å². The first kappa shape index (κ1) is 13.4. The second-order valence-corrected chi connectivity index (χ2v) is 6.42. The third kappa shape index (κ3) is 3.69. The van der Waals surface area contributed by atoms with Gasteiger partial charge in [0, 0.05) is 25.0 Å². The van der Waals surface area contributed by atoms with E-state index in [9.17, 15) is 4.79 Å². The molecule has 0 aromatic carbocycles. The van der Waals surface area contributed by atoms with Gasteiger partial charge in [-0.15, -0.1) is 0 Å². The summed E-state index contributed by atoms with van der Waals surface area (Å²) < 4.78 is 0. The molecule has 1 unspecified atom stereocenters. The lowest BCUT2D eigenvalue weighted by Crippen LogP contribution is -2.42. The normalized spacial score (nSPS) is 29.6. The topological polar surface area (TPSA) is 44.4 Å². The molecule has 1 saturated carbocycles. The van der Waals surface area contributed by atoms with Gasteiger partial charge < -0.3 is 10.6 Å². The number of piperidine rings is 1. The maximum absolute atomic E-state index is 11.8. The molecule has 0 radical (unpaired) electrons. The van der Waals surface area contributed by atoms with Crippen LogP contribution in [0.15, 0.2) is 0 Å². The standard InChI is InChI=1S/C15H27N3O/c19-15(17-13-3-4-13)7-11-18-10-1-2-14(18)12-5-8-16-9-6-12/h12-14,16H,1-11H2,(H,17,19). The third-order valence-electron chi connectivity index (χ3n) is 4.91. The Morgan fingerprint density at radius 2 is 1.95 bits per heavy atom. The minimum Gasteiger partial charge on any atom is -0.353 e. The summed E-state index contributed by atoms with van der Waals surface area (Å²) in [6.45, 7) is 4.52. The van der Waals surface area contributed by atoms with Gasteiger partial charge in [-0.2, -0.15) is 0 Å². The molecular weight excluding hydrogens is 238 g/mol. The minimum absolute atomic E-state index is 0.262. The third-order valence-corrected chi connectivity index (χ3v) is 4.91. The van der Waals surface area contributed by atoms with Gasteiger partial charge in [-0.25, -0.2) is 0 Å². The molecule has 3 rings (SSSR count). The van der Waals surface area contributed by atoms with Crippen molar-refractivity contribution >= 4 is 5.91 Å². The summed E-state index contributed by atoms with van der Waals surface area (Å²) in [7, 11) is 0. The largest absolute Gasteiger partial charge is 0.353 e. The first-order chi connectivity index (χ1) is 9.33. The molecule has 0 bridgehead atoms. The van der Waals surface area contributed by atoms with Crippen LogP contribution in [0.3, 0.4) is 0 Å². The lowest BCUT2D eigenvalue weighted by Gasteiger charge is -2.34. The molecular formula is C15H27N3O. The highest BCUT2D eigenvalue weighted by Crippen LogP contribution is 2.29. The van der Waals surface area contributed by atoms with Crippen LogP contribution in [0.25, 0.3) is 0 Å². The predicted molar refractivity (Wildman–Crippen MR) is 76.0 cm³/mol. The summed E-state index contributed by atoms with van der Waals surface area (Å²) in [5.41, 5.74) is 0. The summed E-state index contributed by atoms with van der Waals surface area (Å²) in [6, 6.07) is 1.25. The Balaban J connectivity index is 1.44. The summed E-state index contributed by atoms with van der Waals surface area (Å²) >= 11 is 0. The number of nitrogens with one attached hydrogen (secondary N) is 2. The van der Waals surface area contributed by atoms with Crippen molar-refractivity contribution in [3.05, 3.63) is 0 Å². The van der Waals surface area contributed by atoms with Crippen molar-refractivity contribution in [3.63, 3.8) is 0 Å². The number of hydrogen-bond acceptors (Lipinski definition) is 3. The van der Waals surface area contributed by atoms with E-state index in [4.69, 9.17) is 0 Å². The van der Waals surface area contributed by atoms with Crippen molar-refractivity contribution < 1.29 is 4.79 Å². The van der Waals surface area contributed by atoms with Gasteiger partial charge in [0.2, 0.25) is 5.91 Å². The molecule has 1 amide bonds. The summed E-state index contributed by atoms with van der Waals surface area (Å²) in [6.07, 6.45) is 8.36. The van der Waals surface area contributed by atoms with Crippen LogP contribution in [0.5, 0.6) is 0 Å². The molecule has 2 heterocycles. The van der Waals surface area contributed by atoms with Gasteiger partial charge in [0.25, 0.3) is 0 Å². The molecule has 0 aromatic rings. The van der Waals surface area contributed by atoms with Crippen molar-refractivity contribution in [1.82, 2.24) is 15.5 Å². The second kappa shape index (κ2) is 6.23. The summed E-state index contributed by atoms with van der Waals surface area (Å²) in [5, 5.41) is 6.55. The SMILES string of the molecule is O=C(CCN1CCCC1C1CCNCC1)NC1CC1. The van der Waals surface area contributed by atoms with E-state index >= 15 is 0 Å². The number of carbonyl (C=O) groups excluding carboxylic acids is 1. The number of rotatable bonds is 5. The molecule has 0 spiro atoms. The van der Waals surface area contributed by atoms with E-state index in [0.29, 0.717) is 12.5 Å².